The average Bonchev–Trinajstić information content (AvgIpc) is 3.42. The number of nitrogens with one attached hydrogen (secondary N) is 1. The van der Waals surface area contributed by atoms with E-state index in [0.717, 1.165) is 34.9 Å². The van der Waals surface area contributed by atoms with Crippen LogP contribution in [-0.2, 0) is 11.2 Å². The third-order valence-corrected chi connectivity index (χ3v) is 5.45. The molecule has 0 aliphatic carbocycles. The van der Waals surface area contributed by atoms with E-state index >= 15 is 0 Å². The molecule has 1 atom stereocenters. The van der Waals surface area contributed by atoms with Crippen molar-refractivity contribution in [3.05, 3.63) is 84.6 Å². The van der Waals surface area contributed by atoms with Crippen molar-refractivity contribution < 1.29 is 4.79 Å². The molecular weight excluding hydrogens is 382 g/mol. The van der Waals surface area contributed by atoms with Gasteiger partial charge in [-0.1, -0.05) is 18.2 Å². The zero-order chi connectivity index (χ0) is 20.1. The second kappa shape index (κ2) is 8.96. The highest BCUT2D eigenvalue weighted by atomic mass is 32.2. The first kappa shape index (κ1) is 19.3. The number of hydrogen-bond donors (Lipinski definition) is 1. The quantitative estimate of drug-likeness (QED) is 0.486. The van der Waals surface area contributed by atoms with Crippen LogP contribution in [0.1, 0.15) is 23.9 Å². The number of aromatic nitrogens is 4. The van der Waals surface area contributed by atoms with Crippen molar-refractivity contribution >= 4 is 23.3 Å². The number of hydrogen-bond acceptors (Lipinski definition) is 4. The molecule has 1 aromatic carbocycles. The van der Waals surface area contributed by atoms with E-state index in [4.69, 9.17) is 0 Å². The molecule has 0 aliphatic rings. The van der Waals surface area contributed by atoms with Gasteiger partial charge in [-0.15, -0.1) is 10.2 Å². The van der Waals surface area contributed by atoms with Crippen LogP contribution in [0.4, 0.5) is 0 Å². The molecule has 0 fully saturated rings. The Balaban J connectivity index is 1.46. The number of rotatable bonds is 8. The maximum Gasteiger partial charge on any atom is 0.225 e. The minimum absolute atomic E-state index is 0.0162. The van der Waals surface area contributed by atoms with E-state index in [1.54, 1.807) is 11.8 Å². The molecule has 0 bridgehead atoms. The summed E-state index contributed by atoms with van der Waals surface area (Å²) in [4.78, 5) is 12.8. The molecule has 0 radical (unpaired) electrons. The van der Waals surface area contributed by atoms with Gasteiger partial charge in [0.2, 0.25) is 5.91 Å². The zero-order valence-corrected chi connectivity index (χ0v) is 17.0. The number of amides is 1. The van der Waals surface area contributed by atoms with E-state index in [1.165, 1.54) is 0 Å². The molecule has 6 nitrogen and oxygen atoms in total. The van der Waals surface area contributed by atoms with Crippen molar-refractivity contribution in [2.45, 2.75) is 18.9 Å². The second-order valence-electron chi connectivity index (χ2n) is 6.82. The van der Waals surface area contributed by atoms with E-state index in [-0.39, 0.29) is 11.9 Å². The number of carbonyl (C=O) groups is 1. The second-order valence-corrected chi connectivity index (χ2v) is 7.81. The summed E-state index contributed by atoms with van der Waals surface area (Å²) in [5.74, 6) is 1.68. The zero-order valence-electron chi connectivity index (χ0n) is 16.2. The van der Waals surface area contributed by atoms with Crippen molar-refractivity contribution in [1.29, 1.82) is 0 Å². The number of benzene rings is 1. The minimum atomic E-state index is -0.175. The van der Waals surface area contributed by atoms with Gasteiger partial charge in [-0.05, 0) is 60.4 Å². The number of carbonyl (C=O) groups excluding carboxylic acids is 1. The monoisotopic (exact) mass is 405 g/mol. The van der Waals surface area contributed by atoms with Gasteiger partial charge in [-0.3, -0.25) is 9.20 Å². The summed E-state index contributed by atoms with van der Waals surface area (Å²) < 4.78 is 3.98. The molecule has 7 heteroatoms. The fourth-order valence-electron chi connectivity index (χ4n) is 3.32. The first-order valence-corrected chi connectivity index (χ1v) is 10.9. The lowest BCUT2D eigenvalue weighted by atomic mass is 10.1. The average molecular weight is 406 g/mol. The molecule has 1 amide bonds. The van der Waals surface area contributed by atoms with Gasteiger partial charge >= 0.3 is 0 Å². The van der Waals surface area contributed by atoms with Crippen molar-refractivity contribution in [2.24, 2.45) is 0 Å². The Hall–Kier alpha value is -3.06. The Morgan fingerprint density at radius 3 is 2.55 bits per heavy atom. The van der Waals surface area contributed by atoms with E-state index < -0.39 is 0 Å². The van der Waals surface area contributed by atoms with Gasteiger partial charge in [0.25, 0.3) is 0 Å². The Morgan fingerprint density at radius 1 is 1.03 bits per heavy atom. The van der Waals surface area contributed by atoms with Crippen LogP contribution in [0.3, 0.4) is 0 Å². The van der Waals surface area contributed by atoms with Crippen molar-refractivity contribution in [1.82, 2.24) is 24.5 Å². The Kier molecular flexibility index (Phi) is 5.95. The van der Waals surface area contributed by atoms with Crippen LogP contribution in [-0.4, -0.2) is 37.1 Å². The molecule has 29 heavy (non-hydrogen) atoms. The molecule has 4 rings (SSSR count). The summed E-state index contributed by atoms with van der Waals surface area (Å²) in [6.07, 6.45) is 9.13. The van der Waals surface area contributed by atoms with Gasteiger partial charge in [0.1, 0.15) is 0 Å². The van der Waals surface area contributed by atoms with Gasteiger partial charge in [0, 0.05) is 24.3 Å². The molecular formula is C22H23N5OS. The molecule has 0 saturated heterocycles. The number of nitrogens with zero attached hydrogens (tertiary/aromatic N) is 4. The summed E-state index contributed by atoms with van der Waals surface area (Å²) in [6, 6.07) is 17.6. The topological polar surface area (TPSA) is 64.2 Å². The van der Waals surface area contributed by atoms with Crippen LogP contribution in [0.15, 0.2) is 73.2 Å². The lowest BCUT2D eigenvalue weighted by Gasteiger charge is -2.17. The molecule has 4 aromatic rings. The Labute approximate surface area is 174 Å². The van der Waals surface area contributed by atoms with E-state index in [2.05, 4.69) is 21.8 Å². The SMILES string of the molecule is CSCCC(NC(=O)Cc1ccc(-n2cccc2)cc1)c1nnc2ccccn12. The highest BCUT2D eigenvalue weighted by molar-refractivity contribution is 7.98. The predicted molar refractivity (Wildman–Crippen MR) is 116 cm³/mol. The van der Waals surface area contributed by atoms with Crippen molar-refractivity contribution in [3.8, 4) is 5.69 Å². The fourth-order valence-corrected chi connectivity index (χ4v) is 3.79. The van der Waals surface area contributed by atoms with Gasteiger partial charge in [-0.25, -0.2) is 0 Å². The first-order valence-electron chi connectivity index (χ1n) is 9.55. The third-order valence-electron chi connectivity index (χ3n) is 4.80. The molecule has 0 aliphatic heterocycles. The van der Waals surface area contributed by atoms with Crippen molar-refractivity contribution in [3.63, 3.8) is 0 Å². The highest BCUT2D eigenvalue weighted by Gasteiger charge is 2.20. The number of fused-ring (bicyclic) bond motifs is 1. The lowest BCUT2D eigenvalue weighted by molar-refractivity contribution is -0.121. The fraction of sp³-hybridized carbons (Fsp3) is 0.227. The van der Waals surface area contributed by atoms with E-state index in [0.29, 0.717) is 6.42 Å². The number of pyridine rings is 1. The van der Waals surface area contributed by atoms with E-state index in [9.17, 15) is 4.79 Å². The molecule has 1 N–H and O–H groups in total. The summed E-state index contributed by atoms with van der Waals surface area (Å²) in [7, 11) is 0. The van der Waals surface area contributed by atoms with Gasteiger partial charge < -0.3 is 9.88 Å². The first-order chi connectivity index (χ1) is 14.2. The van der Waals surface area contributed by atoms with Crippen LogP contribution >= 0.6 is 11.8 Å². The standard InChI is InChI=1S/C22H23N5OS/c1-29-15-11-19(22-25-24-20-6-2-3-14-27(20)22)23-21(28)16-17-7-9-18(10-8-17)26-12-4-5-13-26/h2-10,12-14,19H,11,15-16H2,1H3,(H,23,28). The summed E-state index contributed by atoms with van der Waals surface area (Å²) in [5.41, 5.74) is 2.84. The van der Waals surface area contributed by atoms with Crippen LogP contribution in [0.2, 0.25) is 0 Å². The number of thioether (sulfide) groups is 1. The maximum atomic E-state index is 12.8. The molecule has 3 aromatic heterocycles. The minimum Gasteiger partial charge on any atom is -0.346 e. The third kappa shape index (κ3) is 4.51. The summed E-state index contributed by atoms with van der Waals surface area (Å²) in [6.45, 7) is 0. The summed E-state index contributed by atoms with van der Waals surface area (Å²) >= 11 is 1.75. The molecule has 0 spiro atoms. The Bertz CT molecular complexity index is 1070. The summed E-state index contributed by atoms with van der Waals surface area (Å²) in [5, 5.41) is 11.7. The van der Waals surface area contributed by atoms with Crippen LogP contribution < -0.4 is 5.32 Å². The largest absolute Gasteiger partial charge is 0.346 e. The highest BCUT2D eigenvalue weighted by Crippen LogP contribution is 2.19. The van der Waals surface area contributed by atoms with Gasteiger partial charge in [-0.2, -0.15) is 11.8 Å². The molecule has 148 valence electrons. The smallest absolute Gasteiger partial charge is 0.225 e. The molecule has 3 heterocycles. The van der Waals surface area contributed by atoms with Crippen molar-refractivity contribution in [2.75, 3.05) is 12.0 Å². The molecule has 0 saturated carbocycles. The van der Waals surface area contributed by atoms with Crippen LogP contribution in [0, 0.1) is 0 Å². The Morgan fingerprint density at radius 2 is 1.79 bits per heavy atom. The van der Waals surface area contributed by atoms with Crippen LogP contribution in [0.25, 0.3) is 11.3 Å². The van der Waals surface area contributed by atoms with Gasteiger partial charge in [0.15, 0.2) is 11.5 Å². The van der Waals surface area contributed by atoms with Crippen LogP contribution in [0.5, 0.6) is 0 Å². The lowest BCUT2D eigenvalue weighted by Crippen LogP contribution is -2.31. The maximum absolute atomic E-state index is 12.8. The van der Waals surface area contributed by atoms with Gasteiger partial charge in [0.05, 0.1) is 12.5 Å². The predicted octanol–water partition coefficient (Wildman–Crippen LogP) is 3.67. The van der Waals surface area contributed by atoms with E-state index in [1.807, 2.05) is 82.2 Å². The molecule has 1 unspecified atom stereocenters. The normalized spacial score (nSPS) is 12.2.